The van der Waals surface area contributed by atoms with Crippen molar-refractivity contribution in [3.05, 3.63) is 35.3 Å². The summed E-state index contributed by atoms with van der Waals surface area (Å²) in [5.74, 6) is 2.84. The minimum atomic E-state index is -0.201. The fraction of sp³-hybridized carbons (Fsp3) is 0.562. The minimum Gasteiger partial charge on any atom is -0.455 e. The fourth-order valence-corrected chi connectivity index (χ4v) is 3.33. The standard InChI is InChI=1S/C16H21N5O2/c22-16(17-10-15-19-18-14-4-3-9-21(14)15)13-6-5-12(23-13)11-20-7-1-2-8-20/h5-6H,1-4,7-11H2,(H,17,22). The van der Waals surface area contributed by atoms with Crippen molar-refractivity contribution >= 4 is 5.91 Å². The predicted molar refractivity (Wildman–Crippen MR) is 82.7 cm³/mol. The first-order chi connectivity index (χ1) is 11.3. The third kappa shape index (κ3) is 3.01. The Morgan fingerprint density at radius 1 is 1.17 bits per heavy atom. The smallest absolute Gasteiger partial charge is 0.287 e. The van der Waals surface area contributed by atoms with Crippen LogP contribution in [0.5, 0.6) is 0 Å². The third-order valence-corrected chi connectivity index (χ3v) is 4.56. The normalized spacial score (nSPS) is 17.6. The van der Waals surface area contributed by atoms with Crippen LogP contribution in [0.1, 0.15) is 47.2 Å². The second-order valence-corrected chi connectivity index (χ2v) is 6.22. The van der Waals surface area contributed by atoms with Gasteiger partial charge in [-0.05, 0) is 44.5 Å². The summed E-state index contributed by atoms with van der Waals surface area (Å²) in [7, 11) is 0. The van der Waals surface area contributed by atoms with Crippen LogP contribution in [0.4, 0.5) is 0 Å². The Bertz CT molecular complexity index is 699. The molecule has 0 aliphatic carbocycles. The third-order valence-electron chi connectivity index (χ3n) is 4.56. The summed E-state index contributed by atoms with van der Waals surface area (Å²) >= 11 is 0. The first-order valence-electron chi connectivity index (χ1n) is 8.30. The van der Waals surface area contributed by atoms with Crippen LogP contribution in [-0.2, 0) is 26.1 Å². The van der Waals surface area contributed by atoms with Gasteiger partial charge in [-0.3, -0.25) is 9.69 Å². The van der Waals surface area contributed by atoms with Crippen molar-refractivity contribution in [1.29, 1.82) is 0 Å². The summed E-state index contributed by atoms with van der Waals surface area (Å²) < 4.78 is 7.76. The zero-order valence-electron chi connectivity index (χ0n) is 13.1. The number of fused-ring (bicyclic) bond motifs is 1. The zero-order valence-corrected chi connectivity index (χ0v) is 13.1. The number of hydrogen-bond donors (Lipinski definition) is 1. The number of furan rings is 1. The van der Waals surface area contributed by atoms with Crippen molar-refractivity contribution in [3.8, 4) is 0 Å². The Hall–Kier alpha value is -2.15. The molecule has 7 heteroatoms. The Labute approximate surface area is 134 Å². The van der Waals surface area contributed by atoms with Gasteiger partial charge in [-0.2, -0.15) is 0 Å². The van der Waals surface area contributed by atoms with Crippen LogP contribution in [0.15, 0.2) is 16.5 Å². The highest BCUT2D eigenvalue weighted by Crippen LogP contribution is 2.16. The molecule has 2 aliphatic heterocycles. The second kappa shape index (κ2) is 6.16. The Morgan fingerprint density at radius 2 is 2.04 bits per heavy atom. The first-order valence-corrected chi connectivity index (χ1v) is 8.30. The highest BCUT2D eigenvalue weighted by atomic mass is 16.4. The lowest BCUT2D eigenvalue weighted by Gasteiger charge is -2.11. The van der Waals surface area contributed by atoms with Crippen molar-refractivity contribution in [2.24, 2.45) is 0 Å². The van der Waals surface area contributed by atoms with Crippen LogP contribution in [0, 0.1) is 0 Å². The number of likely N-dealkylation sites (tertiary alicyclic amines) is 1. The molecule has 4 rings (SSSR count). The molecule has 0 spiro atoms. The second-order valence-electron chi connectivity index (χ2n) is 6.22. The summed E-state index contributed by atoms with van der Waals surface area (Å²) in [5.41, 5.74) is 0. The van der Waals surface area contributed by atoms with Gasteiger partial charge in [0.25, 0.3) is 5.91 Å². The molecule has 2 aromatic rings. The molecule has 2 aromatic heterocycles. The molecule has 1 amide bonds. The van der Waals surface area contributed by atoms with Crippen LogP contribution in [0.2, 0.25) is 0 Å². The van der Waals surface area contributed by atoms with Gasteiger partial charge in [0.05, 0.1) is 13.1 Å². The molecule has 0 bridgehead atoms. The van der Waals surface area contributed by atoms with E-state index in [1.807, 2.05) is 6.07 Å². The van der Waals surface area contributed by atoms with Crippen molar-refractivity contribution in [2.45, 2.75) is 45.3 Å². The van der Waals surface area contributed by atoms with E-state index in [-0.39, 0.29) is 5.91 Å². The van der Waals surface area contributed by atoms with Crippen LogP contribution in [-0.4, -0.2) is 38.7 Å². The van der Waals surface area contributed by atoms with Crippen LogP contribution in [0.25, 0.3) is 0 Å². The monoisotopic (exact) mass is 315 g/mol. The molecule has 1 N–H and O–H groups in total. The van der Waals surface area contributed by atoms with Crippen LogP contribution >= 0.6 is 0 Å². The van der Waals surface area contributed by atoms with E-state index in [1.54, 1.807) is 6.07 Å². The molecular formula is C16H21N5O2. The summed E-state index contributed by atoms with van der Waals surface area (Å²) in [6.45, 7) is 4.33. The minimum absolute atomic E-state index is 0.201. The number of hydrogen-bond acceptors (Lipinski definition) is 5. The molecule has 0 saturated carbocycles. The topological polar surface area (TPSA) is 76.2 Å². The zero-order chi connectivity index (χ0) is 15.6. The number of amides is 1. The lowest BCUT2D eigenvalue weighted by molar-refractivity contribution is 0.0918. The number of rotatable bonds is 5. The number of aromatic nitrogens is 3. The lowest BCUT2D eigenvalue weighted by atomic mass is 10.4. The van der Waals surface area contributed by atoms with E-state index in [1.165, 1.54) is 12.8 Å². The van der Waals surface area contributed by atoms with Gasteiger partial charge in [0, 0.05) is 13.0 Å². The SMILES string of the molecule is O=C(NCc1nnc2n1CCC2)c1ccc(CN2CCCC2)o1. The average molecular weight is 315 g/mol. The van der Waals surface area contributed by atoms with E-state index in [9.17, 15) is 4.79 Å². The average Bonchev–Trinajstić information content (AvgIpc) is 3.31. The molecule has 2 aliphatic rings. The Balaban J connectivity index is 1.34. The van der Waals surface area contributed by atoms with Crippen molar-refractivity contribution in [3.63, 3.8) is 0 Å². The van der Waals surface area contributed by atoms with Gasteiger partial charge in [0.1, 0.15) is 11.6 Å². The quantitative estimate of drug-likeness (QED) is 0.901. The van der Waals surface area contributed by atoms with E-state index in [2.05, 4.69) is 25.0 Å². The van der Waals surface area contributed by atoms with Crippen molar-refractivity contribution in [2.75, 3.05) is 13.1 Å². The summed E-state index contributed by atoms with van der Waals surface area (Å²) in [6.07, 6.45) is 4.57. The summed E-state index contributed by atoms with van der Waals surface area (Å²) in [6, 6.07) is 3.64. The van der Waals surface area contributed by atoms with E-state index < -0.39 is 0 Å². The summed E-state index contributed by atoms with van der Waals surface area (Å²) in [4.78, 5) is 14.6. The maximum Gasteiger partial charge on any atom is 0.287 e. The number of aryl methyl sites for hydroxylation is 1. The van der Waals surface area contributed by atoms with Crippen LogP contribution in [0.3, 0.4) is 0 Å². The summed E-state index contributed by atoms with van der Waals surface area (Å²) in [5, 5.41) is 11.1. The Kier molecular flexibility index (Phi) is 3.87. The van der Waals surface area contributed by atoms with E-state index >= 15 is 0 Å². The number of carbonyl (C=O) groups is 1. The molecular weight excluding hydrogens is 294 g/mol. The lowest BCUT2D eigenvalue weighted by Crippen LogP contribution is -2.24. The molecule has 1 saturated heterocycles. The molecule has 7 nitrogen and oxygen atoms in total. The van der Waals surface area contributed by atoms with Gasteiger partial charge in [0.15, 0.2) is 11.6 Å². The van der Waals surface area contributed by atoms with E-state index in [4.69, 9.17) is 4.42 Å². The molecule has 23 heavy (non-hydrogen) atoms. The molecule has 0 radical (unpaired) electrons. The number of nitrogens with zero attached hydrogens (tertiary/aromatic N) is 4. The Morgan fingerprint density at radius 3 is 2.91 bits per heavy atom. The first kappa shape index (κ1) is 14.4. The molecule has 4 heterocycles. The molecule has 1 fully saturated rings. The fourth-order valence-electron chi connectivity index (χ4n) is 3.33. The number of carbonyl (C=O) groups excluding carboxylic acids is 1. The maximum absolute atomic E-state index is 12.2. The molecule has 122 valence electrons. The maximum atomic E-state index is 12.2. The predicted octanol–water partition coefficient (Wildman–Crippen LogP) is 1.34. The van der Waals surface area contributed by atoms with Gasteiger partial charge in [0.2, 0.25) is 0 Å². The van der Waals surface area contributed by atoms with Gasteiger partial charge < -0.3 is 14.3 Å². The van der Waals surface area contributed by atoms with Gasteiger partial charge in [-0.25, -0.2) is 0 Å². The van der Waals surface area contributed by atoms with Gasteiger partial charge >= 0.3 is 0 Å². The largest absolute Gasteiger partial charge is 0.455 e. The highest BCUT2D eigenvalue weighted by Gasteiger charge is 2.19. The van der Waals surface area contributed by atoms with Crippen LogP contribution < -0.4 is 5.32 Å². The molecule has 0 aromatic carbocycles. The van der Waals surface area contributed by atoms with Gasteiger partial charge in [-0.15, -0.1) is 10.2 Å². The number of nitrogens with one attached hydrogen (secondary N) is 1. The van der Waals surface area contributed by atoms with E-state index in [0.29, 0.717) is 12.3 Å². The van der Waals surface area contributed by atoms with Crippen molar-refractivity contribution < 1.29 is 9.21 Å². The highest BCUT2D eigenvalue weighted by molar-refractivity contribution is 5.91. The molecule has 0 atom stereocenters. The molecule has 0 unspecified atom stereocenters. The van der Waals surface area contributed by atoms with Crippen molar-refractivity contribution in [1.82, 2.24) is 25.0 Å². The van der Waals surface area contributed by atoms with E-state index in [0.717, 1.165) is 56.4 Å². The van der Waals surface area contributed by atoms with Gasteiger partial charge in [-0.1, -0.05) is 0 Å².